The van der Waals surface area contributed by atoms with Crippen molar-refractivity contribution < 1.29 is 9.21 Å². The number of para-hydroxylation sites is 1. The number of benzene rings is 2. The first kappa shape index (κ1) is 14.9. The number of nitrogens with one attached hydrogen (secondary N) is 1. The van der Waals surface area contributed by atoms with E-state index in [4.69, 9.17) is 4.42 Å². The molecule has 1 aromatic heterocycles. The molecule has 2 aromatic carbocycles. The highest BCUT2D eigenvalue weighted by Gasteiger charge is 2.13. The first-order valence-electron chi connectivity index (χ1n) is 7.07. The van der Waals surface area contributed by atoms with Gasteiger partial charge < -0.3 is 9.73 Å². The summed E-state index contributed by atoms with van der Waals surface area (Å²) in [5.41, 5.74) is 4.85. The smallest absolute Gasteiger partial charge is 0.228 e. The molecule has 1 heterocycles. The Labute approximate surface area is 137 Å². The van der Waals surface area contributed by atoms with E-state index in [9.17, 15) is 4.79 Å². The minimum absolute atomic E-state index is 0.0622. The maximum Gasteiger partial charge on any atom is 0.228 e. The van der Waals surface area contributed by atoms with Gasteiger partial charge in [0.1, 0.15) is 5.58 Å². The molecule has 22 heavy (non-hydrogen) atoms. The number of hydrogen-bond acceptors (Lipinski definition) is 2. The van der Waals surface area contributed by atoms with E-state index in [1.54, 1.807) is 6.26 Å². The minimum Gasteiger partial charge on any atom is -0.464 e. The number of anilines is 1. The Morgan fingerprint density at radius 2 is 1.95 bits per heavy atom. The molecule has 0 aliphatic heterocycles. The zero-order valence-electron chi connectivity index (χ0n) is 12.4. The summed E-state index contributed by atoms with van der Waals surface area (Å²) >= 11 is 3.43. The van der Waals surface area contributed by atoms with E-state index in [0.29, 0.717) is 0 Å². The Morgan fingerprint density at radius 1 is 1.18 bits per heavy atom. The summed E-state index contributed by atoms with van der Waals surface area (Å²) in [7, 11) is 0. The first-order chi connectivity index (χ1) is 10.6. The Kier molecular flexibility index (Phi) is 4.03. The van der Waals surface area contributed by atoms with Crippen LogP contribution in [0, 0.1) is 13.8 Å². The molecular formula is C18H16BrNO2. The highest BCUT2D eigenvalue weighted by atomic mass is 79.9. The summed E-state index contributed by atoms with van der Waals surface area (Å²) in [6, 6.07) is 11.6. The Morgan fingerprint density at radius 3 is 2.73 bits per heavy atom. The van der Waals surface area contributed by atoms with Gasteiger partial charge in [0.2, 0.25) is 5.91 Å². The zero-order valence-corrected chi connectivity index (χ0v) is 14.0. The minimum atomic E-state index is -0.0622. The van der Waals surface area contributed by atoms with Crippen LogP contribution in [-0.4, -0.2) is 5.91 Å². The molecule has 4 heteroatoms. The van der Waals surface area contributed by atoms with Crippen LogP contribution in [0.15, 0.2) is 51.6 Å². The van der Waals surface area contributed by atoms with Gasteiger partial charge in [-0.2, -0.15) is 0 Å². The largest absolute Gasteiger partial charge is 0.464 e. The monoisotopic (exact) mass is 357 g/mol. The fourth-order valence-corrected chi connectivity index (χ4v) is 2.84. The van der Waals surface area contributed by atoms with Crippen LogP contribution >= 0.6 is 15.9 Å². The molecule has 0 unspecified atom stereocenters. The van der Waals surface area contributed by atoms with Crippen LogP contribution in [0.5, 0.6) is 0 Å². The van der Waals surface area contributed by atoms with Crippen LogP contribution in [0.1, 0.15) is 16.7 Å². The lowest BCUT2D eigenvalue weighted by Crippen LogP contribution is -2.14. The van der Waals surface area contributed by atoms with E-state index in [2.05, 4.69) is 34.2 Å². The highest BCUT2D eigenvalue weighted by Crippen LogP contribution is 2.27. The van der Waals surface area contributed by atoms with Crippen LogP contribution in [0.2, 0.25) is 0 Å². The highest BCUT2D eigenvalue weighted by molar-refractivity contribution is 9.10. The van der Waals surface area contributed by atoms with Gasteiger partial charge in [-0.3, -0.25) is 4.79 Å². The second kappa shape index (κ2) is 5.97. The lowest BCUT2D eigenvalue weighted by Gasteiger charge is -2.06. The molecule has 0 aliphatic carbocycles. The van der Waals surface area contributed by atoms with Gasteiger partial charge in [0, 0.05) is 15.4 Å². The topological polar surface area (TPSA) is 42.2 Å². The SMILES string of the molecule is Cc1ccc2c(CC(=O)Nc3ccccc3Br)coc2c1C. The molecule has 1 N–H and O–H groups in total. The van der Waals surface area contributed by atoms with Crippen LogP contribution in [0.25, 0.3) is 11.0 Å². The normalized spacial score (nSPS) is 10.9. The van der Waals surface area contributed by atoms with E-state index in [1.165, 1.54) is 5.56 Å². The van der Waals surface area contributed by atoms with Gasteiger partial charge in [-0.05, 0) is 53.0 Å². The van der Waals surface area contributed by atoms with Gasteiger partial charge in [0.05, 0.1) is 18.4 Å². The number of carbonyl (C=O) groups excluding carboxylic acids is 1. The van der Waals surface area contributed by atoms with Crippen molar-refractivity contribution in [3.63, 3.8) is 0 Å². The van der Waals surface area contributed by atoms with Crippen molar-refractivity contribution in [1.29, 1.82) is 0 Å². The molecule has 0 bridgehead atoms. The van der Waals surface area contributed by atoms with Crippen LogP contribution in [0.4, 0.5) is 5.69 Å². The van der Waals surface area contributed by atoms with Crippen LogP contribution < -0.4 is 5.32 Å². The number of fused-ring (bicyclic) bond motifs is 1. The van der Waals surface area contributed by atoms with E-state index >= 15 is 0 Å². The van der Waals surface area contributed by atoms with Crippen molar-refractivity contribution in [2.24, 2.45) is 0 Å². The van der Waals surface area contributed by atoms with E-state index < -0.39 is 0 Å². The Hall–Kier alpha value is -2.07. The number of hydrogen-bond donors (Lipinski definition) is 1. The molecule has 0 atom stereocenters. The first-order valence-corrected chi connectivity index (χ1v) is 7.86. The third kappa shape index (κ3) is 2.79. The number of aryl methyl sites for hydroxylation is 2. The molecular weight excluding hydrogens is 342 g/mol. The molecule has 0 fully saturated rings. The van der Waals surface area contributed by atoms with Gasteiger partial charge >= 0.3 is 0 Å². The summed E-state index contributed by atoms with van der Waals surface area (Å²) in [5.74, 6) is -0.0622. The molecule has 0 radical (unpaired) electrons. The molecule has 112 valence electrons. The lowest BCUT2D eigenvalue weighted by molar-refractivity contribution is -0.115. The van der Waals surface area contributed by atoms with Gasteiger partial charge in [0.15, 0.2) is 0 Å². The predicted molar refractivity (Wildman–Crippen MR) is 92.2 cm³/mol. The maximum absolute atomic E-state index is 12.3. The van der Waals surface area contributed by atoms with E-state index in [-0.39, 0.29) is 12.3 Å². The number of furan rings is 1. The number of halogens is 1. The van der Waals surface area contributed by atoms with Crippen molar-refractivity contribution >= 4 is 38.5 Å². The van der Waals surface area contributed by atoms with Crippen molar-refractivity contribution in [1.82, 2.24) is 0 Å². The van der Waals surface area contributed by atoms with Gasteiger partial charge in [0.25, 0.3) is 0 Å². The summed E-state index contributed by atoms with van der Waals surface area (Å²) < 4.78 is 6.51. The average Bonchev–Trinajstić information content (AvgIpc) is 2.89. The zero-order chi connectivity index (χ0) is 15.7. The standard InChI is InChI=1S/C18H16BrNO2/c1-11-7-8-14-13(10-22-18(14)12(11)2)9-17(21)20-16-6-4-3-5-15(16)19/h3-8,10H,9H2,1-2H3,(H,20,21). The molecule has 3 nitrogen and oxygen atoms in total. The van der Waals surface area contributed by atoms with Crippen molar-refractivity contribution in [3.8, 4) is 0 Å². The Bertz CT molecular complexity index is 851. The second-order valence-electron chi connectivity index (χ2n) is 5.35. The third-order valence-electron chi connectivity index (χ3n) is 3.84. The quantitative estimate of drug-likeness (QED) is 0.716. The molecule has 0 aliphatic rings. The average molecular weight is 358 g/mol. The van der Waals surface area contributed by atoms with Crippen molar-refractivity contribution in [2.75, 3.05) is 5.32 Å². The number of amides is 1. The molecule has 1 amide bonds. The van der Waals surface area contributed by atoms with Crippen molar-refractivity contribution in [2.45, 2.75) is 20.3 Å². The van der Waals surface area contributed by atoms with E-state index in [0.717, 1.165) is 32.3 Å². The van der Waals surface area contributed by atoms with Crippen LogP contribution in [0.3, 0.4) is 0 Å². The molecule has 0 saturated carbocycles. The van der Waals surface area contributed by atoms with Crippen LogP contribution in [-0.2, 0) is 11.2 Å². The molecule has 0 spiro atoms. The lowest BCUT2D eigenvalue weighted by atomic mass is 10.0. The summed E-state index contributed by atoms with van der Waals surface area (Å²) in [4.78, 5) is 12.3. The fraction of sp³-hybridized carbons (Fsp3) is 0.167. The maximum atomic E-state index is 12.3. The summed E-state index contributed by atoms with van der Waals surface area (Å²) in [6.07, 6.45) is 1.97. The van der Waals surface area contributed by atoms with Crippen molar-refractivity contribution in [3.05, 3.63) is 63.8 Å². The summed E-state index contributed by atoms with van der Waals surface area (Å²) in [6.45, 7) is 4.09. The Balaban J connectivity index is 1.83. The van der Waals surface area contributed by atoms with E-state index in [1.807, 2.05) is 37.3 Å². The second-order valence-corrected chi connectivity index (χ2v) is 6.20. The predicted octanol–water partition coefficient (Wildman–Crippen LogP) is 4.99. The molecule has 3 aromatic rings. The summed E-state index contributed by atoms with van der Waals surface area (Å²) in [5, 5.41) is 3.92. The fourth-order valence-electron chi connectivity index (χ4n) is 2.46. The van der Waals surface area contributed by atoms with Gasteiger partial charge in [-0.25, -0.2) is 0 Å². The third-order valence-corrected chi connectivity index (χ3v) is 4.53. The number of rotatable bonds is 3. The van der Waals surface area contributed by atoms with Gasteiger partial charge in [-0.15, -0.1) is 0 Å². The molecule has 0 saturated heterocycles. The van der Waals surface area contributed by atoms with Gasteiger partial charge in [-0.1, -0.05) is 24.3 Å². The number of carbonyl (C=O) groups is 1. The molecule has 3 rings (SSSR count).